The van der Waals surface area contributed by atoms with Gasteiger partial charge in [0.25, 0.3) is 0 Å². The number of hydrogen-bond acceptors (Lipinski definition) is 5. The van der Waals surface area contributed by atoms with E-state index in [0.717, 1.165) is 11.3 Å². The molecule has 0 aliphatic carbocycles. The number of fused-ring (bicyclic) bond motifs is 1. The van der Waals surface area contributed by atoms with Crippen LogP contribution in [0.1, 0.15) is 11.1 Å². The molecule has 2 aromatic rings. The largest absolute Gasteiger partial charge is 0.469 e. The number of hydrogen-bond donors (Lipinski definition) is 1. The van der Waals surface area contributed by atoms with Crippen molar-refractivity contribution in [3.8, 4) is 5.88 Å². The number of rotatable bonds is 1. The Balaban J connectivity index is 2.05. The molecule has 0 atom stereocenters. The smallest absolute Gasteiger partial charge is 0.245 e. The standard InChI is InChI=1S/C13H12N4O/c1-8-2-4-9(5-3-8)10-6-18-13-11(17-10)12(14)15-7-16-13/h2-5,7H,6H2,1H3,(H2,14,15,16). The third-order valence-corrected chi connectivity index (χ3v) is 2.79. The van der Waals surface area contributed by atoms with Crippen molar-refractivity contribution < 1.29 is 4.74 Å². The second-order valence-corrected chi connectivity index (χ2v) is 4.13. The number of aryl methyl sites for hydroxylation is 1. The van der Waals surface area contributed by atoms with Crippen LogP contribution in [0.3, 0.4) is 0 Å². The van der Waals surface area contributed by atoms with E-state index in [4.69, 9.17) is 10.5 Å². The van der Waals surface area contributed by atoms with Gasteiger partial charge in [-0.3, -0.25) is 0 Å². The Bertz CT molecular complexity index is 619. The van der Waals surface area contributed by atoms with Crippen molar-refractivity contribution in [2.75, 3.05) is 12.3 Å². The van der Waals surface area contributed by atoms with Gasteiger partial charge in [0.1, 0.15) is 12.9 Å². The summed E-state index contributed by atoms with van der Waals surface area (Å²) in [6.07, 6.45) is 1.38. The van der Waals surface area contributed by atoms with E-state index in [1.165, 1.54) is 11.9 Å². The topological polar surface area (TPSA) is 73.4 Å². The lowest BCUT2D eigenvalue weighted by atomic mass is 10.1. The minimum atomic E-state index is 0.337. The summed E-state index contributed by atoms with van der Waals surface area (Å²) in [6, 6.07) is 8.11. The summed E-state index contributed by atoms with van der Waals surface area (Å²) in [6.45, 7) is 2.44. The first-order valence-corrected chi connectivity index (χ1v) is 5.62. The van der Waals surface area contributed by atoms with E-state index in [2.05, 4.69) is 15.0 Å². The number of anilines is 1. The molecule has 2 heterocycles. The normalized spacial score (nSPS) is 13.5. The van der Waals surface area contributed by atoms with Crippen molar-refractivity contribution in [2.45, 2.75) is 6.92 Å². The Morgan fingerprint density at radius 3 is 2.72 bits per heavy atom. The lowest BCUT2D eigenvalue weighted by molar-refractivity contribution is 0.357. The van der Waals surface area contributed by atoms with Gasteiger partial charge in [0.15, 0.2) is 11.5 Å². The first-order valence-electron chi connectivity index (χ1n) is 5.62. The summed E-state index contributed by atoms with van der Waals surface area (Å²) in [5.74, 6) is 0.780. The molecule has 0 spiro atoms. The van der Waals surface area contributed by atoms with Gasteiger partial charge in [0, 0.05) is 0 Å². The zero-order valence-electron chi connectivity index (χ0n) is 9.92. The third-order valence-electron chi connectivity index (χ3n) is 2.79. The van der Waals surface area contributed by atoms with Gasteiger partial charge in [-0.05, 0) is 12.5 Å². The van der Waals surface area contributed by atoms with E-state index in [9.17, 15) is 0 Å². The number of ether oxygens (including phenoxy) is 1. The lowest BCUT2D eigenvalue weighted by Crippen LogP contribution is -2.17. The monoisotopic (exact) mass is 240 g/mol. The van der Waals surface area contributed by atoms with Crippen LogP contribution in [0.4, 0.5) is 11.5 Å². The van der Waals surface area contributed by atoms with Gasteiger partial charge >= 0.3 is 0 Å². The number of nitrogen functional groups attached to an aromatic ring is 1. The number of nitrogens with zero attached hydrogens (tertiary/aromatic N) is 3. The molecule has 3 rings (SSSR count). The van der Waals surface area contributed by atoms with E-state index in [1.807, 2.05) is 31.2 Å². The van der Waals surface area contributed by atoms with Crippen molar-refractivity contribution >= 4 is 17.2 Å². The molecule has 0 amide bonds. The van der Waals surface area contributed by atoms with E-state index >= 15 is 0 Å². The zero-order valence-corrected chi connectivity index (χ0v) is 9.92. The molecular formula is C13H12N4O. The molecule has 0 saturated heterocycles. The number of nitrogens with two attached hydrogens (primary N) is 1. The molecule has 1 aliphatic heterocycles. The molecule has 90 valence electrons. The van der Waals surface area contributed by atoms with E-state index in [0.29, 0.717) is 24.0 Å². The molecule has 1 aromatic heterocycles. The maximum absolute atomic E-state index is 5.77. The molecule has 0 fully saturated rings. The van der Waals surface area contributed by atoms with Crippen LogP contribution >= 0.6 is 0 Å². The van der Waals surface area contributed by atoms with Crippen molar-refractivity contribution in [2.24, 2.45) is 4.99 Å². The van der Waals surface area contributed by atoms with E-state index < -0.39 is 0 Å². The molecule has 0 radical (unpaired) electrons. The van der Waals surface area contributed by atoms with Gasteiger partial charge in [0.2, 0.25) is 5.88 Å². The van der Waals surface area contributed by atoms with Crippen molar-refractivity contribution in [1.82, 2.24) is 9.97 Å². The van der Waals surface area contributed by atoms with E-state index in [1.54, 1.807) is 0 Å². The number of aromatic nitrogens is 2. The summed E-state index contributed by atoms with van der Waals surface area (Å²) in [7, 11) is 0. The minimum Gasteiger partial charge on any atom is -0.469 e. The van der Waals surface area contributed by atoms with Gasteiger partial charge < -0.3 is 10.5 Å². The molecule has 18 heavy (non-hydrogen) atoms. The van der Waals surface area contributed by atoms with Gasteiger partial charge in [-0.25, -0.2) is 9.98 Å². The van der Waals surface area contributed by atoms with Crippen LogP contribution in [0, 0.1) is 6.92 Å². The van der Waals surface area contributed by atoms with Crippen LogP contribution in [0.5, 0.6) is 5.88 Å². The lowest BCUT2D eigenvalue weighted by Gasteiger charge is -2.16. The highest BCUT2D eigenvalue weighted by Crippen LogP contribution is 2.33. The van der Waals surface area contributed by atoms with Crippen molar-refractivity contribution in [3.63, 3.8) is 0 Å². The Hall–Kier alpha value is -2.43. The van der Waals surface area contributed by atoms with Gasteiger partial charge in [0.05, 0.1) is 5.71 Å². The fraction of sp³-hybridized carbons (Fsp3) is 0.154. The Morgan fingerprint density at radius 2 is 1.94 bits per heavy atom. The second kappa shape index (κ2) is 4.10. The maximum atomic E-state index is 5.77. The fourth-order valence-electron chi connectivity index (χ4n) is 1.78. The predicted molar refractivity (Wildman–Crippen MR) is 69.3 cm³/mol. The van der Waals surface area contributed by atoms with Gasteiger partial charge in [-0.15, -0.1) is 0 Å². The van der Waals surface area contributed by atoms with Crippen LogP contribution in [0.25, 0.3) is 0 Å². The number of aliphatic imine (C=N–C) groups is 1. The second-order valence-electron chi connectivity index (χ2n) is 4.13. The van der Waals surface area contributed by atoms with Crippen molar-refractivity contribution in [3.05, 3.63) is 41.7 Å². The third kappa shape index (κ3) is 1.79. The summed E-state index contributed by atoms with van der Waals surface area (Å²) >= 11 is 0. The molecule has 1 aliphatic rings. The number of benzene rings is 1. The van der Waals surface area contributed by atoms with Crippen LogP contribution in [0.15, 0.2) is 35.6 Å². The highest BCUT2D eigenvalue weighted by molar-refractivity contribution is 6.04. The molecule has 0 unspecified atom stereocenters. The van der Waals surface area contributed by atoms with Crippen LogP contribution < -0.4 is 10.5 Å². The summed E-state index contributed by atoms with van der Waals surface area (Å²) < 4.78 is 5.54. The van der Waals surface area contributed by atoms with Gasteiger partial charge in [-0.2, -0.15) is 4.98 Å². The molecule has 0 saturated carbocycles. The molecule has 2 N–H and O–H groups in total. The van der Waals surface area contributed by atoms with Crippen LogP contribution in [0.2, 0.25) is 0 Å². The first kappa shape index (κ1) is 10.7. The fourth-order valence-corrected chi connectivity index (χ4v) is 1.78. The van der Waals surface area contributed by atoms with Gasteiger partial charge in [-0.1, -0.05) is 29.8 Å². The average Bonchev–Trinajstić information content (AvgIpc) is 2.40. The molecule has 5 heteroatoms. The summed E-state index contributed by atoms with van der Waals surface area (Å²) in [5.41, 5.74) is 9.35. The highest BCUT2D eigenvalue weighted by atomic mass is 16.5. The Kier molecular flexibility index (Phi) is 2.44. The molecule has 1 aromatic carbocycles. The molecular weight excluding hydrogens is 228 g/mol. The average molecular weight is 240 g/mol. The highest BCUT2D eigenvalue weighted by Gasteiger charge is 2.18. The molecule has 5 nitrogen and oxygen atoms in total. The summed E-state index contributed by atoms with van der Waals surface area (Å²) in [5, 5.41) is 0. The molecule has 0 bridgehead atoms. The van der Waals surface area contributed by atoms with Crippen LogP contribution in [-0.2, 0) is 0 Å². The van der Waals surface area contributed by atoms with Crippen molar-refractivity contribution in [1.29, 1.82) is 0 Å². The predicted octanol–water partition coefficient (Wildman–Crippen LogP) is 1.88. The minimum absolute atomic E-state index is 0.337. The first-order chi connectivity index (χ1) is 8.74. The van der Waals surface area contributed by atoms with E-state index in [-0.39, 0.29) is 0 Å². The maximum Gasteiger partial charge on any atom is 0.245 e. The summed E-state index contributed by atoms with van der Waals surface area (Å²) in [4.78, 5) is 12.4. The van der Waals surface area contributed by atoms with Crippen LogP contribution in [-0.4, -0.2) is 22.3 Å². The Labute approximate surface area is 104 Å². The quantitative estimate of drug-likeness (QED) is 0.826. The Morgan fingerprint density at radius 1 is 1.17 bits per heavy atom. The SMILES string of the molecule is Cc1ccc(C2=Nc3c(N)ncnc3OC2)cc1. The zero-order chi connectivity index (χ0) is 12.5.